The van der Waals surface area contributed by atoms with E-state index in [1.807, 2.05) is 11.8 Å². The highest BCUT2D eigenvalue weighted by Crippen LogP contribution is 2.30. The molecule has 3 rings (SSSR count). The van der Waals surface area contributed by atoms with Crippen LogP contribution in [-0.4, -0.2) is 15.3 Å². The first-order valence-corrected chi connectivity index (χ1v) is 6.10. The third kappa shape index (κ3) is 1.47. The molecule has 0 bridgehead atoms. The van der Waals surface area contributed by atoms with Gasteiger partial charge < -0.3 is 4.57 Å². The second kappa shape index (κ2) is 3.42. The van der Waals surface area contributed by atoms with Gasteiger partial charge in [0.1, 0.15) is 5.82 Å². The van der Waals surface area contributed by atoms with Crippen LogP contribution in [0.3, 0.4) is 0 Å². The summed E-state index contributed by atoms with van der Waals surface area (Å²) < 4.78 is 2.23. The molecule has 2 heterocycles. The molecule has 1 aliphatic rings. The normalized spacial score (nSPS) is 14.2. The Kier molecular flexibility index (Phi) is 2.06. The van der Waals surface area contributed by atoms with Crippen molar-refractivity contribution in [3.63, 3.8) is 0 Å². The number of para-hydroxylation sites is 1. The smallest absolute Gasteiger partial charge is 0.114 e. The fraction of sp³-hybridized carbons (Fsp3) is 0.250. The lowest BCUT2D eigenvalue weighted by Gasteiger charge is -2.06. The number of rotatable bonds is 0. The maximum absolute atomic E-state index is 4.56. The molecule has 0 amide bonds. The molecule has 0 aliphatic carbocycles. The standard InChI is InChI=1S/C12H12N2S/c1-9-8-14-10-4-2-3-5-11(10)15-7-6-12(14)13-9/h2-5,8H,6-7H2,1H3. The van der Waals surface area contributed by atoms with Crippen LogP contribution in [0.2, 0.25) is 0 Å². The number of imidazole rings is 1. The minimum atomic E-state index is 1.05. The summed E-state index contributed by atoms with van der Waals surface area (Å²) in [5.41, 5.74) is 2.38. The highest BCUT2D eigenvalue weighted by molar-refractivity contribution is 7.99. The molecule has 2 nitrogen and oxygen atoms in total. The summed E-state index contributed by atoms with van der Waals surface area (Å²) in [4.78, 5) is 5.91. The van der Waals surface area contributed by atoms with Gasteiger partial charge in [0.2, 0.25) is 0 Å². The van der Waals surface area contributed by atoms with Crippen molar-refractivity contribution in [2.45, 2.75) is 18.2 Å². The monoisotopic (exact) mass is 216 g/mol. The maximum atomic E-state index is 4.56. The van der Waals surface area contributed by atoms with Crippen LogP contribution in [-0.2, 0) is 6.42 Å². The fourth-order valence-electron chi connectivity index (χ4n) is 1.96. The molecule has 1 aliphatic heterocycles. The number of hydrogen-bond acceptors (Lipinski definition) is 2. The van der Waals surface area contributed by atoms with Crippen molar-refractivity contribution >= 4 is 11.8 Å². The molecule has 0 saturated heterocycles. The molecule has 76 valence electrons. The van der Waals surface area contributed by atoms with Gasteiger partial charge in [-0.15, -0.1) is 11.8 Å². The SMILES string of the molecule is Cc1cn2c(n1)CCSc1ccccc1-2. The maximum Gasteiger partial charge on any atom is 0.114 e. The summed E-state index contributed by atoms with van der Waals surface area (Å²) >= 11 is 1.92. The van der Waals surface area contributed by atoms with Crippen molar-refractivity contribution in [2.24, 2.45) is 0 Å². The molecule has 0 unspecified atom stereocenters. The molecule has 0 atom stereocenters. The van der Waals surface area contributed by atoms with Gasteiger partial charge in [-0.1, -0.05) is 12.1 Å². The summed E-state index contributed by atoms with van der Waals surface area (Å²) in [6.45, 7) is 2.05. The van der Waals surface area contributed by atoms with Crippen LogP contribution in [0.5, 0.6) is 0 Å². The van der Waals surface area contributed by atoms with Gasteiger partial charge in [-0.05, 0) is 19.1 Å². The average Bonchev–Trinajstić information content (AvgIpc) is 2.52. The van der Waals surface area contributed by atoms with Gasteiger partial charge in [0.05, 0.1) is 11.4 Å². The van der Waals surface area contributed by atoms with E-state index in [0.29, 0.717) is 0 Å². The van der Waals surface area contributed by atoms with Crippen LogP contribution >= 0.6 is 11.8 Å². The van der Waals surface area contributed by atoms with E-state index in [-0.39, 0.29) is 0 Å². The zero-order valence-corrected chi connectivity index (χ0v) is 9.42. The molecule has 0 N–H and O–H groups in total. The van der Waals surface area contributed by atoms with Crippen molar-refractivity contribution in [3.8, 4) is 5.69 Å². The Morgan fingerprint density at radius 2 is 2.20 bits per heavy atom. The number of thioether (sulfide) groups is 1. The van der Waals surface area contributed by atoms with E-state index in [9.17, 15) is 0 Å². The zero-order valence-electron chi connectivity index (χ0n) is 8.60. The van der Waals surface area contributed by atoms with Gasteiger partial charge in [0.15, 0.2) is 0 Å². The van der Waals surface area contributed by atoms with E-state index in [1.54, 1.807) is 0 Å². The van der Waals surface area contributed by atoms with Gasteiger partial charge in [0, 0.05) is 23.3 Å². The summed E-state index contributed by atoms with van der Waals surface area (Å²) in [5, 5.41) is 0. The van der Waals surface area contributed by atoms with Gasteiger partial charge in [-0.2, -0.15) is 0 Å². The predicted octanol–water partition coefficient (Wildman–Crippen LogP) is 2.83. The van der Waals surface area contributed by atoms with E-state index in [4.69, 9.17) is 0 Å². The Morgan fingerprint density at radius 1 is 1.33 bits per heavy atom. The van der Waals surface area contributed by atoms with Crippen molar-refractivity contribution in [2.75, 3.05) is 5.75 Å². The van der Waals surface area contributed by atoms with Crippen LogP contribution in [0.25, 0.3) is 5.69 Å². The van der Waals surface area contributed by atoms with Crippen LogP contribution in [0.4, 0.5) is 0 Å². The molecule has 0 radical (unpaired) electrons. The first-order chi connectivity index (χ1) is 7.34. The van der Waals surface area contributed by atoms with Gasteiger partial charge in [-0.25, -0.2) is 4.98 Å². The minimum absolute atomic E-state index is 1.05. The lowest BCUT2D eigenvalue weighted by molar-refractivity contribution is 0.896. The van der Waals surface area contributed by atoms with E-state index in [2.05, 4.69) is 46.9 Å². The Morgan fingerprint density at radius 3 is 3.13 bits per heavy atom. The fourth-order valence-corrected chi connectivity index (χ4v) is 2.96. The quantitative estimate of drug-likeness (QED) is 0.674. The van der Waals surface area contributed by atoms with Crippen molar-refractivity contribution in [1.82, 2.24) is 9.55 Å². The van der Waals surface area contributed by atoms with Crippen LogP contribution in [0, 0.1) is 6.92 Å². The van der Waals surface area contributed by atoms with E-state index < -0.39 is 0 Å². The summed E-state index contributed by atoms with van der Waals surface area (Å²) in [6, 6.07) is 8.53. The molecule has 0 spiro atoms. The van der Waals surface area contributed by atoms with Crippen molar-refractivity contribution in [3.05, 3.63) is 42.0 Å². The molecular weight excluding hydrogens is 204 g/mol. The van der Waals surface area contributed by atoms with Crippen LogP contribution in [0.1, 0.15) is 11.5 Å². The number of benzene rings is 1. The first kappa shape index (κ1) is 9.04. The number of aromatic nitrogens is 2. The van der Waals surface area contributed by atoms with Gasteiger partial charge in [0.25, 0.3) is 0 Å². The van der Waals surface area contributed by atoms with E-state index in [1.165, 1.54) is 16.4 Å². The van der Waals surface area contributed by atoms with Gasteiger partial charge in [-0.3, -0.25) is 0 Å². The summed E-state index contributed by atoms with van der Waals surface area (Å²) in [6.07, 6.45) is 3.17. The van der Waals surface area contributed by atoms with Crippen molar-refractivity contribution < 1.29 is 0 Å². The molecule has 1 aromatic heterocycles. The molecule has 2 aromatic rings. The first-order valence-electron chi connectivity index (χ1n) is 5.12. The topological polar surface area (TPSA) is 17.8 Å². The Labute approximate surface area is 93.3 Å². The highest BCUT2D eigenvalue weighted by atomic mass is 32.2. The molecule has 0 saturated carbocycles. The predicted molar refractivity (Wildman–Crippen MR) is 62.7 cm³/mol. The van der Waals surface area contributed by atoms with Crippen LogP contribution in [0.15, 0.2) is 35.4 Å². The lowest BCUT2D eigenvalue weighted by atomic mass is 10.3. The summed E-state index contributed by atoms with van der Waals surface area (Å²) in [5.74, 6) is 2.30. The highest BCUT2D eigenvalue weighted by Gasteiger charge is 2.14. The second-order valence-electron chi connectivity index (χ2n) is 3.73. The van der Waals surface area contributed by atoms with Gasteiger partial charge >= 0.3 is 0 Å². The molecule has 0 fully saturated rings. The number of hydrogen-bond donors (Lipinski definition) is 0. The molecule has 15 heavy (non-hydrogen) atoms. The van der Waals surface area contributed by atoms with Crippen LogP contribution < -0.4 is 0 Å². The molecule has 1 aromatic carbocycles. The Balaban J connectivity index is 2.26. The largest absolute Gasteiger partial charge is 0.302 e. The van der Waals surface area contributed by atoms with Crippen molar-refractivity contribution in [1.29, 1.82) is 0 Å². The third-order valence-corrected chi connectivity index (χ3v) is 3.67. The second-order valence-corrected chi connectivity index (χ2v) is 4.87. The Hall–Kier alpha value is -1.22. The number of fused-ring (bicyclic) bond motifs is 3. The molecule has 3 heteroatoms. The summed E-state index contributed by atoms with van der Waals surface area (Å²) in [7, 11) is 0. The number of aryl methyl sites for hydroxylation is 2. The number of nitrogens with zero attached hydrogens (tertiary/aromatic N) is 2. The minimum Gasteiger partial charge on any atom is -0.302 e. The third-order valence-electron chi connectivity index (χ3n) is 2.61. The zero-order chi connectivity index (χ0) is 10.3. The lowest BCUT2D eigenvalue weighted by Crippen LogP contribution is -1.98. The molecular formula is C12H12N2S. The average molecular weight is 216 g/mol. The van der Waals surface area contributed by atoms with E-state index in [0.717, 1.165) is 17.9 Å². The Bertz CT molecular complexity index is 502. The van der Waals surface area contributed by atoms with E-state index >= 15 is 0 Å².